The molecule has 2 saturated heterocycles. The lowest BCUT2D eigenvalue weighted by Crippen LogP contribution is -2.50. The maximum atomic E-state index is 5.64. The van der Waals surface area contributed by atoms with Gasteiger partial charge in [-0.1, -0.05) is 0 Å². The van der Waals surface area contributed by atoms with E-state index in [4.69, 9.17) is 4.74 Å². The van der Waals surface area contributed by atoms with E-state index in [0.29, 0.717) is 6.10 Å². The average molecular weight is 241 g/mol. The molecule has 0 aromatic heterocycles. The van der Waals surface area contributed by atoms with E-state index < -0.39 is 0 Å². The summed E-state index contributed by atoms with van der Waals surface area (Å²) in [5.41, 5.74) is 0.185. The molecular formula is C13H27N3O. The predicted molar refractivity (Wildman–Crippen MR) is 70.4 cm³/mol. The van der Waals surface area contributed by atoms with E-state index in [9.17, 15) is 0 Å². The highest BCUT2D eigenvalue weighted by Crippen LogP contribution is 2.24. The fraction of sp³-hybridized carbons (Fsp3) is 1.00. The molecule has 2 heterocycles. The van der Waals surface area contributed by atoms with Gasteiger partial charge in [0.1, 0.15) is 0 Å². The van der Waals surface area contributed by atoms with Crippen LogP contribution in [-0.2, 0) is 4.74 Å². The van der Waals surface area contributed by atoms with Crippen LogP contribution >= 0.6 is 0 Å². The Balaban J connectivity index is 1.68. The largest absolute Gasteiger partial charge is 0.377 e. The van der Waals surface area contributed by atoms with Crippen molar-refractivity contribution in [2.45, 2.75) is 38.3 Å². The van der Waals surface area contributed by atoms with Crippen molar-refractivity contribution in [1.82, 2.24) is 15.5 Å². The number of ether oxygens (including phenoxy) is 1. The van der Waals surface area contributed by atoms with Gasteiger partial charge in [-0.3, -0.25) is 0 Å². The van der Waals surface area contributed by atoms with Gasteiger partial charge in [-0.05, 0) is 39.8 Å². The minimum atomic E-state index is 0.185. The van der Waals surface area contributed by atoms with Crippen molar-refractivity contribution in [3.8, 4) is 0 Å². The second-order valence-electron chi connectivity index (χ2n) is 5.55. The van der Waals surface area contributed by atoms with Gasteiger partial charge in [-0.2, -0.15) is 0 Å². The van der Waals surface area contributed by atoms with Crippen LogP contribution in [0.25, 0.3) is 0 Å². The van der Waals surface area contributed by atoms with E-state index in [1.54, 1.807) is 0 Å². The van der Waals surface area contributed by atoms with Crippen LogP contribution in [0.2, 0.25) is 0 Å². The third kappa shape index (κ3) is 3.65. The van der Waals surface area contributed by atoms with Crippen LogP contribution in [-0.4, -0.2) is 62.4 Å². The van der Waals surface area contributed by atoms with Crippen molar-refractivity contribution in [2.24, 2.45) is 0 Å². The van der Waals surface area contributed by atoms with Gasteiger partial charge in [0.05, 0.1) is 6.10 Å². The molecule has 4 nitrogen and oxygen atoms in total. The van der Waals surface area contributed by atoms with Crippen LogP contribution in [0.1, 0.15) is 26.7 Å². The molecule has 0 amide bonds. The molecule has 0 saturated carbocycles. The Bertz CT molecular complexity index is 229. The van der Waals surface area contributed by atoms with Gasteiger partial charge in [0, 0.05) is 38.3 Å². The summed E-state index contributed by atoms with van der Waals surface area (Å²) in [5, 5.41) is 7.13. The third-order valence-corrected chi connectivity index (χ3v) is 4.28. The summed E-state index contributed by atoms with van der Waals surface area (Å²) in [4.78, 5) is 2.55. The maximum Gasteiger partial charge on any atom is 0.0726 e. The van der Waals surface area contributed by atoms with Crippen LogP contribution in [0, 0.1) is 0 Å². The molecule has 100 valence electrons. The van der Waals surface area contributed by atoms with Crippen LogP contribution in [0.3, 0.4) is 0 Å². The Hall–Kier alpha value is -0.160. The smallest absolute Gasteiger partial charge is 0.0726 e. The summed E-state index contributed by atoms with van der Waals surface area (Å²) >= 11 is 0. The molecule has 0 bridgehead atoms. The first-order valence-corrected chi connectivity index (χ1v) is 7.00. The molecule has 17 heavy (non-hydrogen) atoms. The van der Waals surface area contributed by atoms with Crippen molar-refractivity contribution in [3.05, 3.63) is 0 Å². The lowest BCUT2D eigenvalue weighted by atomic mass is 9.95. The van der Waals surface area contributed by atoms with Crippen molar-refractivity contribution < 1.29 is 4.74 Å². The molecule has 2 aliphatic heterocycles. The van der Waals surface area contributed by atoms with E-state index >= 15 is 0 Å². The van der Waals surface area contributed by atoms with Gasteiger partial charge in [-0.15, -0.1) is 0 Å². The molecule has 4 heteroatoms. The van der Waals surface area contributed by atoms with Crippen molar-refractivity contribution in [1.29, 1.82) is 0 Å². The first-order chi connectivity index (χ1) is 8.21. The number of hydrogen-bond acceptors (Lipinski definition) is 4. The van der Waals surface area contributed by atoms with E-state index in [-0.39, 0.29) is 5.54 Å². The van der Waals surface area contributed by atoms with E-state index in [0.717, 1.165) is 32.7 Å². The maximum absolute atomic E-state index is 5.64. The lowest BCUT2D eigenvalue weighted by Gasteiger charge is -2.30. The van der Waals surface area contributed by atoms with Gasteiger partial charge < -0.3 is 20.3 Å². The molecule has 0 radical (unpaired) electrons. The first-order valence-electron chi connectivity index (χ1n) is 7.00. The van der Waals surface area contributed by atoms with Crippen molar-refractivity contribution in [3.63, 3.8) is 0 Å². The fourth-order valence-electron chi connectivity index (χ4n) is 2.69. The second kappa shape index (κ2) is 6.14. The quantitative estimate of drug-likeness (QED) is 0.749. The Labute approximate surface area is 105 Å². The molecule has 0 aromatic rings. The Morgan fingerprint density at radius 3 is 3.06 bits per heavy atom. The summed E-state index contributed by atoms with van der Waals surface area (Å²) in [7, 11) is 0. The zero-order valence-corrected chi connectivity index (χ0v) is 11.3. The highest BCUT2D eigenvalue weighted by molar-refractivity contribution is 4.93. The first kappa shape index (κ1) is 13.3. The molecule has 0 spiro atoms. The van der Waals surface area contributed by atoms with E-state index in [1.165, 1.54) is 26.1 Å². The van der Waals surface area contributed by atoms with Crippen LogP contribution in [0.15, 0.2) is 0 Å². The molecule has 2 rings (SSSR count). The summed E-state index contributed by atoms with van der Waals surface area (Å²) in [5.74, 6) is 0. The summed E-state index contributed by atoms with van der Waals surface area (Å²) < 4.78 is 5.64. The van der Waals surface area contributed by atoms with E-state index in [2.05, 4.69) is 29.4 Å². The summed E-state index contributed by atoms with van der Waals surface area (Å²) in [6, 6.07) is 0. The summed E-state index contributed by atoms with van der Waals surface area (Å²) in [6.07, 6.45) is 2.75. The van der Waals surface area contributed by atoms with Gasteiger partial charge in [0.2, 0.25) is 0 Å². The van der Waals surface area contributed by atoms with Crippen molar-refractivity contribution >= 4 is 0 Å². The molecule has 2 N–H and O–H groups in total. The summed E-state index contributed by atoms with van der Waals surface area (Å²) in [6.45, 7) is 12.3. The molecular weight excluding hydrogens is 214 g/mol. The SMILES string of the molecule is CC1OCCC1(C)NCCN1CCCNCC1. The van der Waals surface area contributed by atoms with Crippen LogP contribution in [0.5, 0.6) is 0 Å². The molecule has 2 fully saturated rings. The van der Waals surface area contributed by atoms with E-state index in [1.807, 2.05) is 0 Å². The Kier molecular flexibility index (Phi) is 4.79. The molecule has 0 aromatic carbocycles. The lowest BCUT2D eigenvalue weighted by molar-refractivity contribution is 0.0876. The Morgan fingerprint density at radius 1 is 1.41 bits per heavy atom. The average Bonchev–Trinajstić information content (AvgIpc) is 2.55. The highest BCUT2D eigenvalue weighted by Gasteiger charge is 2.36. The van der Waals surface area contributed by atoms with Gasteiger partial charge in [0.15, 0.2) is 0 Å². The van der Waals surface area contributed by atoms with Crippen LogP contribution in [0.4, 0.5) is 0 Å². The van der Waals surface area contributed by atoms with Gasteiger partial charge >= 0.3 is 0 Å². The standard InChI is InChI=1S/C13H27N3O/c1-12-13(2,4-11-17-12)15-7-10-16-8-3-5-14-6-9-16/h12,14-15H,3-11H2,1-2H3. The third-order valence-electron chi connectivity index (χ3n) is 4.28. The topological polar surface area (TPSA) is 36.5 Å². The second-order valence-corrected chi connectivity index (χ2v) is 5.55. The van der Waals surface area contributed by atoms with Crippen LogP contribution < -0.4 is 10.6 Å². The fourth-order valence-corrected chi connectivity index (χ4v) is 2.69. The predicted octanol–water partition coefficient (Wildman–Crippen LogP) is 0.439. The number of hydrogen-bond donors (Lipinski definition) is 2. The number of nitrogens with zero attached hydrogens (tertiary/aromatic N) is 1. The van der Waals surface area contributed by atoms with Gasteiger partial charge in [0.25, 0.3) is 0 Å². The van der Waals surface area contributed by atoms with Gasteiger partial charge in [-0.25, -0.2) is 0 Å². The minimum absolute atomic E-state index is 0.185. The number of rotatable bonds is 4. The normalized spacial score (nSPS) is 36.0. The highest BCUT2D eigenvalue weighted by atomic mass is 16.5. The zero-order valence-electron chi connectivity index (χ0n) is 11.3. The number of nitrogens with one attached hydrogen (secondary N) is 2. The zero-order chi connectivity index (χ0) is 12.1. The van der Waals surface area contributed by atoms with Crippen molar-refractivity contribution in [2.75, 3.05) is 45.9 Å². The minimum Gasteiger partial charge on any atom is -0.377 e. The molecule has 2 atom stereocenters. The monoisotopic (exact) mass is 241 g/mol. The Morgan fingerprint density at radius 2 is 2.29 bits per heavy atom. The molecule has 2 unspecified atom stereocenters. The molecule has 2 aliphatic rings. The molecule has 0 aliphatic carbocycles.